The highest BCUT2D eigenvalue weighted by Gasteiger charge is 2.21. The van der Waals surface area contributed by atoms with E-state index in [0.717, 1.165) is 11.3 Å². The molecule has 0 unspecified atom stereocenters. The summed E-state index contributed by atoms with van der Waals surface area (Å²) in [5.41, 5.74) is 9.79. The van der Waals surface area contributed by atoms with Crippen molar-refractivity contribution < 1.29 is 14.2 Å². The van der Waals surface area contributed by atoms with Gasteiger partial charge in [0.15, 0.2) is 5.13 Å². The number of pyridine rings is 1. The van der Waals surface area contributed by atoms with Crippen LogP contribution in [0.2, 0.25) is 0 Å². The summed E-state index contributed by atoms with van der Waals surface area (Å²) in [6.45, 7) is 9.54. The van der Waals surface area contributed by atoms with Crippen molar-refractivity contribution in [2.24, 2.45) is 0 Å². The topological polar surface area (TPSA) is 121 Å². The predicted molar refractivity (Wildman–Crippen MR) is 144 cm³/mol. The number of ether oxygens (including phenoxy) is 1. The van der Waals surface area contributed by atoms with Crippen LogP contribution in [0.1, 0.15) is 16.8 Å². The van der Waals surface area contributed by atoms with E-state index >= 15 is 0 Å². The average molecular weight is 533 g/mol. The van der Waals surface area contributed by atoms with Crippen LogP contribution >= 0.6 is 23.1 Å². The lowest BCUT2D eigenvalue weighted by molar-refractivity contribution is 0.201. The van der Waals surface area contributed by atoms with Gasteiger partial charge in [-0.15, -0.1) is 11.3 Å². The number of nitrogens with zero attached hydrogens (tertiary/aromatic N) is 4. The van der Waals surface area contributed by atoms with Crippen LogP contribution in [0, 0.1) is 30.6 Å². The minimum Gasteiger partial charge on any atom is -0.491 e. The van der Waals surface area contributed by atoms with Gasteiger partial charge in [-0.3, -0.25) is 0 Å². The smallest absolute Gasteiger partial charge is 0.236 e. The van der Waals surface area contributed by atoms with Crippen LogP contribution in [0.4, 0.5) is 26.7 Å². The van der Waals surface area contributed by atoms with E-state index in [9.17, 15) is 9.65 Å². The van der Waals surface area contributed by atoms with E-state index in [-0.39, 0.29) is 36.1 Å². The highest BCUT2D eigenvalue weighted by molar-refractivity contribution is 7.98. The van der Waals surface area contributed by atoms with E-state index in [1.54, 1.807) is 30.3 Å². The highest BCUT2D eigenvalue weighted by atomic mass is 32.2. The maximum atomic E-state index is 13.6. The normalized spacial score (nSPS) is 10.5. The summed E-state index contributed by atoms with van der Waals surface area (Å²) in [6.07, 6.45) is 0. The van der Waals surface area contributed by atoms with E-state index in [1.165, 1.54) is 35.2 Å². The summed E-state index contributed by atoms with van der Waals surface area (Å²) in [7, 11) is 0. The minimum atomic E-state index is -0.334. The monoisotopic (exact) mass is 532 g/mol. The van der Waals surface area contributed by atoms with Crippen molar-refractivity contribution >= 4 is 45.4 Å². The highest BCUT2D eigenvalue weighted by Crippen LogP contribution is 2.42. The van der Waals surface area contributed by atoms with Gasteiger partial charge in [0.05, 0.1) is 24.4 Å². The Balaban J connectivity index is 1.58. The standard InChI is InChI=1S/C26H21FN6O2S2/c1-15-3-6-17(27)11-21(15)32-26-31-18(14-37-26)13-36-25-20(12-28)22(23(30-2)24(29)33-25)16-4-7-19(8-5-16)35-10-9-34/h3-8,11,14,34H,9-10,13H2,1H3,(H2,29,33)(H,31,32). The molecule has 4 rings (SSSR count). The summed E-state index contributed by atoms with van der Waals surface area (Å²) in [5.74, 6) is 0.665. The Labute approximate surface area is 221 Å². The number of thiazole rings is 1. The first-order valence-corrected chi connectivity index (χ1v) is 12.9. The second-order valence-corrected chi connectivity index (χ2v) is 9.56. The van der Waals surface area contributed by atoms with Gasteiger partial charge < -0.3 is 20.9 Å². The molecule has 2 aromatic heterocycles. The molecule has 0 aliphatic rings. The van der Waals surface area contributed by atoms with Gasteiger partial charge in [0.25, 0.3) is 0 Å². The van der Waals surface area contributed by atoms with E-state index in [4.69, 9.17) is 22.1 Å². The third-order valence-corrected chi connectivity index (χ3v) is 7.06. The molecule has 4 N–H and O–H groups in total. The van der Waals surface area contributed by atoms with Crippen molar-refractivity contribution in [3.05, 3.63) is 81.9 Å². The van der Waals surface area contributed by atoms with Gasteiger partial charge in [-0.25, -0.2) is 19.2 Å². The van der Waals surface area contributed by atoms with Crippen LogP contribution in [0.5, 0.6) is 5.75 Å². The number of aliphatic hydroxyl groups is 1. The lowest BCUT2D eigenvalue weighted by Crippen LogP contribution is -2.02. The maximum absolute atomic E-state index is 13.6. The van der Waals surface area contributed by atoms with Crippen LogP contribution in [0.15, 0.2) is 52.9 Å². The molecule has 2 aromatic carbocycles. The number of nitrogens with one attached hydrogen (secondary N) is 1. The van der Waals surface area contributed by atoms with Gasteiger partial charge in [0.1, 0.15) is 35.1 Å². The summed E-state index contributed by atoms with van der Waals surface area (Å²) >= 11 is 2.68. The second kappa shape index (κ2) is 11.7. The number of nitrogens with two attached hydrogens (primary N) is 1. The zero-order valence-corrected chi connectivity index (χ0v) is 21.3. The zero-order valence-electron chi connectivity index (χ0n) is 19.7. The Morgan fingerprint density at radius 2 is 2.05 bits per heavy atom. The third kappa shape index (κ3) is 5.98. The van der Waals surface area contributed by atoms with Crippen molar-refractivity contribution in [3.63, 3.8) is 0 Å². The molecular formula is C26H21FN6O2S2. The number of rotatable bonds is 9. The van der Waals surface area contributed by atoms with Crippen LogP contribution in [0.3, 0.4) is 0 Å². The van der Waals surface area contributed by atoms with Gasteiger partial charge in [-0.05, 0) is 42.3 Å². The van der Waals surface area contributed by atoms with Gasteiger partial charge in [0.2, 0.25) is 5.69 Å². The number of nitrogen functional groups attached to an aromatic ring is 1. The molecule has 0 fully saturated rings. The molecule has 2 heterocycles. The molecule has 0 radical (unpaired) electrons. The number of halogens is 1. The first kappa shape index (κ1) is 25.9. The van der Waals surface area contributed by atoms with E-state index in [2.05, 4.69) is 26.2 Å². The fourth-order valence-electron chi connectivity index (χ4n) is 3.47. The number of hydrogen-bond acceptors (Lipinski definition) is 9. The molecule has 0 spiro atoms. The molecule has 37 heavy (non-hydrogen) atoms. The van der Waals surface area contributed by atoms with E-state index in [0.29, 0.717) is 38.5 Å². The number of nitriles is 1. The van der Waals surface area contributed by atoms with Crippen molar-refractivity contribution in [2.45, 2.75) is 17.7 Å². The third-order valence-electron chi connectivity index (χ3n) is 5.24. The molecule has 0 atom stereocenters. The molecule has 0 saturated carbocycles. The Hall–Kier alpha value is -4.16. The Morgan fingerprint density at radius 3 is 2.76 bits per heavy atom. The molecule has 186 valence electrons. The number of aliphatic hydroxyl groups excluding tert-OH is 1. The molecule has 0 amide bonds. The molecule has 4 aromatic rings. The van der Waals surface area contributed by atoms with E-state index in [1.807, 2.05) is 12.3 Å². The van der Waals surface area contributed by atoms with Crippen LogP contribution in [-0.2, 0) is 5.75 Å². The van der Waals surface area contributed by atoms with Crippen molar-refractivity contribution in [3.8, 4) is 22.9 Å². The van der Waals surface area contributed by atoms with Crippen LogP contribution in [0.25, 0.3) is 16.0 Å². The summed E-state index contributed by atoms with van der Waals surface area (Å²) in [4.78, 5) is 12.4. The van der Waals surface area contributed by atoms with Crippen molar-refractivity contribution in [1.29, 1.82) is 5.26 Å². The molecule has 0 aliphatic carbocycles. The number of aryl methyl sites for hydroxylation is 1. The zero-order chi connectivity index (χ0) is 26.4. The number of hydrogen-bond donors (Lipinski definition) is 3. The lowest BCUT2D eigenvalue weighted by Gasteiger charge is -2.13. The SMILES string of the molecule is [C-]#[N+]c1c(N)nc(SCc2csc(Nc3cc(F)ccc3C)n2)c(C#N)c1-c1ccc(OCCO)cc1. The van der Waals surface area contributed by atoms with Gasteiger partial charge >= 0.3 is 0 Å². The Kier molecular flexibility index (Phi) is 8.21. The predicted octanol–water partition coefficient (Wildman–Crippen LogP) is 6.06. The quantitative estimate of drug-likeness (QED) is 0.176. The van der Waals surface area contributed by atoms with Gasteiger partial charge in [0, 0.05) is 22.4 Å². The molecule has 8 nitrogen and oxygen atoms in total. The molecule has 0 bridgehead atoms. The first-order chi connectivity index (χ1) is 17.9. The number of thioether (sulfide) groups is 1. The van der Waals surface area contributed by atoms with Crippen molar-refractivity contribution in [1.82, 2.24) is 9.97 Å². The molecule has 0 aliphatic heterocycles. The summed E-state index contributed by atoms with van der Waals surface area (Å²) < 4.78 is 19.0. The number of aromatic nitrogens is 2. The lowest BCUT2D eigenvalue weighted by atomic mass is 10.00. The summed E-state index contributed by atoms with van der Waals surface area (Å²) in [5, 5.41) is 25.0. The summed E-state index contributed by atoms with van der Waals surface area (Å²) in [6, 6.07) is 13.6. The fraction of sp³-hybridized carbons (Fsp3) is 0.154. The average Bonchev–Trinajstić information content (AvgIpc) is 3.35. The molecular weight excluding hydrogens is 511 g/mol. The molecule has 0 saturated heterocycles. The first-order valence-electron chi connectivity index (χ1n) is 11.0. The van der Waals surface area contributed by atoms with Crippen LogP contribution < -0.4 is 15.8 Å². The Bertz CT molecular complexity index is 1510. The van der Waals surface area contributed by atoms with Crippen LogP contribution in [-0.4, -0.2) is 28.3 Å². The number of anilines is 3. The van der Waals surface area contributed by atoms with Crippen molar-refractivity contribution in [2.75, 3.05) is 24.3 Å². The molecule has 11 heteroatoms. The van der Waals surface area contributed by atoms with E-state index < -0.39 is 0 Å². The minimum absolute atomic E-state index is 0.0364. The maximum Gasteiger partial charge on any atom is 0.236 e. The largest absolute Gasteiger partial charge is 0.491 e. The fourth-order valence-corrected chi connectivity index (χ4v) is 5.19. The second-order valence-electron chi connectivity index (χ2n) is 7.74. The Morgan fingerprint density at radius 1 is 1.27 bits per heavy atom. The van der Waals surface area contributed by atoms with Gasteiger partial charge in [-0.2, -0.15) is 5.26 Å². The van der Waals surface area contributed by atoms with Gasteiger partial charge in [-0.1, -0.05) is 30.0 Å². The number of benzene rings is 2.